The van der Waals surface area contributed by atoms with Crippen molar-refractivity contribution in [3.8, 4) is 0 Å². The fourth-order valence-corrected chi connectivity index (χ4v) is 2.32. The lowest BCUT2D eigenvalue weighted by Crippen LogP contribution is -2.34. The summed E-state index contributed by atoms with van der Waals surface area (Å²) in [5.41, 5.74) is 0. The third-order valence-corrected chi connectivity index (χ3v) is 3.43. The Kier molecular flexibility index (Phi) is 4.13. The highest BCUT2D eigenvalue weighted by molar-refractivity contribution is 5.79. The van der Waals surface area contributed by atoms with E-state index in [2.05, 4.69) is 15.5 Å². The molecule has 2 rings (SSSR count). The Morgan fingerprint density at radius 3 is 2.47 bits per heavy atom. The molecule has 1 aliphatic rings. The zero-order valence-electron chi connectivity index (χ0n) is 10.8. The van der Waals surface area contributed by atoms with E-state index in [0.29, 0.717) is 37.4 Å². The second-order valence-corrected chi connectivity index (χ2v) is 4.84. The normalized spacial score (nSPS) is 23.0. The van der Waals surface area contributed by atoms with Crippen LogP contribution in [-0.4, -0.2) is 27.1 Å². The molecule has 19 heavy (non-hydrogen) atoms. The standard InChI is InChI=1S/C12H17N3O4/c1-7-14-10(19-15-7)6-13-11(16)8-2-4-9(5-3-8)12(17)18/h8-9H,2-6H2,1H3,(H,13,16)(H,17,18). The van der Waals surface area contributed by atoms with Gasteiger partial charge in [0.1, 0.15) is 0 Å². The molecule has 1 amide bonds. The van der Waals surface area contributed by atoms with Gasteiger partial charge in [0, 0.05) is 5.92 Å². The van der Waals surface area contributed by atoms with Gasteiger partial charge < -0.3 is 14.9 Å². The number of carboxylic acid groups (broad SMARTS) is 1. The Morgan fingerprint density at radius 2 is 1.95 bits per heavy atom. The van der Waals surface area contributed by atoms with E-state index in [-0.39, 0.29) is 24.3 Å². The number of hydrogen-bond donors (Lipinski definition) is 2. The van der Waals surface area contributed by atoms with E-state index in [0.717, 1.165) is 0 Å². The maximum absolute atomic E-state index is 11.9. The predicted octanol–water partition coefficient (Wildman–Crippen LogP) is 0.885. The third kappa shape index (κ3) is 3.52. The number of hydrogen-bond acceptors (Lipinski definition) is 5. The van der Waals surface area contributed by atoms with Crippen molar-refractivity contribution in [3.63, 3.8) is 0 Å². The average molecular weight is 267 g/mol. The molecule has 7 nitrogen and oxygen atoms in total. The third-order valence-electron chi connectivity index (χ3n) is 3.43. The molecular formula is C12H17N3O4. The second kappa shape index (κ2) is 5.81. The maximum Gasteiger partial charge on any atom is 0.306 e. The number of carboxylic acids is 1. The molecule has 1 aliphatic carbocycles. The molecule has 1 fully saturated rings. The van der Waals surface area contributed by atoms with Crippen LogP contribution in [0.5, 0.6) is 0 Å². The number of rotatable bonds is 4. The van der Waals surface area contributed by atoms with Gasteiger partial charge in [0.2, 0.25) is 11.8 Å². The summed E-state index contributed by atoms with van der Waals surface area (Å²) < 4.78 is 4.90. The topological polar surface area (TPSA) is 105 Å². The Labute approximate surface area is 110 Å². The minimum atomic E-state index is -0.764. The van der Waals surface area contributed by atoms with Crippen molar-refractivity contribution in [2.45, 2.75) is 39.2 Å². The molecule has 0 saturated heterocycles. The summed E-state index contributed by atoms with van der Waals surface area (Å²) in [6.45, 7) is 1.93. The SMILES string of the molecule is Cc1noc(CNC(=O)C2CCC(C(=O)O)CC2)n1. The summed E-state index contributed by atoms with van der Waals surface area (Å²) in [4.78, 5) is 26.7. The molecule has 1 aromatic heterocycles. The first kappa shape index (κ1) is 13.5. The summed E-state index contributed by atoms with van der Waals surface area (Å²) in [5, 5.41) is 15.3. The average Bonchev–Trinajstić information content (AvgIpc) is 2.82. The molecular weight excluding hydrogens is 250 g/mol. The lowest BCUT2D eigenvalue weighted by Gasteiger charge is -2.24. The van der Waals surface area contributed by atoms with E-state index in [1.807, 2.05) is 0 Å². The lowest BCUT2D eigenvalue weighted by molar-refractivity contribution is -0.144. The van der Waals surface area contributed by atoms with Gasteiger partial charge in [-0.3, -0.25) is 9.59 Å². The van der Waals surface area contributed by atoms with Crippen molar-refractivity contribution in [1.29, 1.82) is 0 Å². The number of carbonyl (C=O) groups is 2. The summed E-state index contributed by atoms with van der Waals surface area (Å²) >= 11 is 0. The molecule has 0 spiro atoms. The van der Waals surface area contributed by atoms with Crippen molar-refractivity contribution in [2.24, 2.45) is 11.8 Å². The van der Waals surface area contributed by atoms with Crippen LogP contribution in [0.15, 0.2) is 4.52 Å². The fraction of sp³-hybridized carbons (Fsp3) is 0.667. The van der Waals surface area contributed by atoms with Crippen LogP contribution < -0.4 is 5.32 Å². The zero-order valence-corrected chi connectivity index (χ0v) is 10.8. The molecule has 0 radical (unpaired) electrons. The second-order valence-electron chi connectivity index (χ2n) is 4.84. The van der Waals surface area contributed by atoms with Crippen molar-refractivity contribution < 1.29 is 19.2 Å². The molecule has 1 aromatic rings. The van der Waals surface area contributed by atoms with E-state index in [4.69, 9.17) is 9.63 Å². The van der Waals surface area contributed by atoms with Gasteiger partial charge in [-0.1, -0.05) is 5.16 Å². The molecule has 0 aliphatic heterocycles. The van der Waals surface area contributed by atoms with Gasteiger partial charge in [-0.25, -0.2) is 0 Å². The van der Waals surface area contributed by atoms with Crippen molar-refractivity contribution in [3.05, 3.63) is 11.7 Å². The Hall–Kier alpha value is -1.92. The first-order chi connectivity index (χ1) is 9.06. The van der Waals surface area contributed by atoms with Crippen LogP contribution in [0.25, 0.3) is 0 Å². The summed E-state index contributed by atoms with van der Waals surface area (Å²) in [5.74, 6) is -0.335. The molecule has 0 aromatic carbocycles. The Morgan fingerprint density at radius 1 is 1.32 bits per heavy atom. The van der Waals surface area contributed by atoms with Gasteiger partial charge in [0.05, 0.1) is 12.5 Å². The molecule has 0 unspecified atom stereocenters. The first-order valence-electron chi connectivity index (χ1n) is 6.36. The molecule has 2 N–H and O–H groups in total. The van der Waals surface area contributed by atoms with Crippen LogP contribution in [0, 0.1) is 18.8 Å². The van der Waals surface area contributed by atoms with Crippen molar-refractivity contribution in [1.82, 2.24) is 15.5 Å². The summed E-state index contributed by atoms with van der Waals surface area (Å²) in [6.07, 6.45) is 2.36. The molecule has 1 heterocycles. The quantitative estimate of drug-likeness (QED) is 0.839. The summed E-state index contributed by atoms with van der Waals surface area (Å²) in [6, 6.07) is 0. The van der Waals surface area contributed by atoms with Gasteiger partial charge in [-0.15, -0.1) is 0 Å². The van der Waals surface area contributed by atoms with Crippen LogP contribution in [0.1, 0.15) is 37.4 Å². The van der Waals surface area contributed by atoms with Gasteiger partial charge >= 0.3 is 5.97 Å². The van der Waals surface area contributed by atoms with Crippen LogP contribution in [0.3, 0.4) is 0 Å². The van der Waals surface area contributed by atoms with E-state index < -0.39 is 5.97 Å². The number of amides is 1. The van der Waals surface area contributed by atoms with E-state index in [1.54, 1.807) is 6.92 Å². The largest absolute Gasteiger partial charge is 0.481 e. The molecule has 104 valence electrons. The smallest absolute Gasteiger partial charge is 0.306 e. The van der Waals surface area contributed by atoms with E-state index in [9.17, 15) is 9.59 Å². The number of nitrogens with one attached hydrogen (secondary N) is 1. The number of aliphatic carboxylic acids is 1. The first-order valence-corrected chi connectivity index (χ1v) is 6.36. The van der Waals surface area contributed by atoms with Crippen LogP contribution >= 0.6 is 0 Å². The summed E-state index contributed by atoms with van der Waals surface area (Å²) in [7, 11) is 0. The van der Waals surface area contributed by atoms with Gasteiger partial charge in [-0.2, -0.15) is 4.98 Å². The number of aromatic nitrogens is 2. The predicted molar refractivity (Wildman–Crippen MR) is 64.0 cm³/mol. The highest BCUT2D eigenvalue weighted by Gasteiger charge is 2.29. The Balaban J connectivity index is 1.77. The highest BCUT2D eigenvalue weighted by Crippen LogP contribution is 2.29. The van der Waals surface area contributed by atoms with Crippen molar-refractivity contribution in [2.75, 3.05) is 0 Å². The van der Waals surface area contributed by atoms with Crippen LogP contribution in [-0.2, 0) is 16.1 Å². The zero-order chi connectivity index (χ0) is 13.8. The number of nitrogens with zero attached hydrogens (tertiary/aromatic N) is 2. The number of carbonyl (C=O) groups excluding carboxylic acids is 1. The maximum atomic E-state index is 11.9. The monoisotopic (exact) mass is 267 g/mol. The molecule has 1 saturated carbocycles. The lowest BCUT2D eigenvalue weighted by atomic mass is 9.81. The van der Waals surface area contributed by atoms with Gasteiger partial charge in [-0.05, 0) is 32.6 Å². The van der Waals surface area contributed by atoms with Crippen molar-refractivity contribution >= 4 is 11.9 Å². The van der Waals surface area contributed by atoms with Gasteiger partial charge in [0.25, 0.3) is 0 Å². The van der Waals surface area contributed by atoms with E-state index >= 15 is 0 Å². The van der Waals surface area contributed by atoms with Crippen LogP contribution in [0.2, 0.25) is 0 Å². The minimum Gasteiger partial charge on any atom is -0.481 e. The minimum absolute atomic E-state index is 0.0697. The molecule has 0 atom stereocenters. The molecule has 7 heteroatoms. The Bertz CT molecular complexity index is 463. The number of aryl methyl sites for hydroxylation is 1. The highest BCUT2D eigenvalue weighted by atomic mass is 16.5. The van der Waals surface area contributed by atoms with E-state index in [1.165, 1.54) is 0 Å². The van der Waals surface area contributed by atoms with Gasteiger partial charge in [0.15, 0.2) is 5.82 Å². The van der Waals surface area contributed by atoms with Crippen LogP contribution in [0.4, 0.5) is 0 Å². The fourth-order valence-electron chi connectivity index (χ4n) is 2.32. The molecule has 0 bridgehead atoms.